The average molecular weight is 314 g/mol. The Morgan fingerprint density at radius 2 is 2.04 bits per heavy atom. The summed E-state index contributed by atoms with van der Waals surface area (Å²) in [6.07, 6.45) is 5.06. The first-order valence-corrected chi connectivity index (χ1v) is 7.98. The van der Waals surface area contributed by atoms with Crippen LogP contribution in [0.5, 0.6) is 5.75 Å². The molecule has 1 fully saturated rings. The van der Waals surface area contributed by atoms with Gasteiger partial charge in [-0.1, -0.05) is 18.2 Å². The Balaban J connectivity index is 1.57. The van der Waals surface area contributed by atoms with Gasteiger partial charge in [0.1, 0.15) is 17.9 Å². The van der Waals surface area contributed by atoms with Gasteiger partial charge in [0.05, 0.1) is 6.54 Å². The number of hydrogen-bond acceptors (Lipinski definition) is 4. The van der Waals surface area contributed by atoms with Crippen LogP contribution in [0.4, 0.5) is 0 Å². The third kappa shape index (κ3) is 3.53. The van der Waals surface area contributed by atoms with Gasteiger partial charge in [0.25, 0.3) is 0 Å². The molecule has 0 atom stereocenters. The van der Waals surface area contributed by atoms with Crippen molar-refractivity contribution >= 4 is 5.91 Å². The highest BCUT2D eigenvalue weighted by molar-refractivity contribution is 5.84. The molecule has 0 radical (unpaired) electrons. The SMILES string of the molecule is O=C(NCCOc1ccccc1)C1(n2cccn2)CCNCC1. The fraction of sp³-hybridized carbons (Fsp3) is 0.412. The van der Waals surface area contributed by atoms with Gasteiger partial charge in [-0.15, -0.1) is 0 Å². The number of hydrogen-bond donors (Lipinski definition) is 2. The molecule has 0 bridgehead atoms. The Morgan fingerprint density at radius 3 is 2.74 bits per heavy atom. The summed E-state index contributed by atoms with van der Waals surface area (Å²) in [4.78, 5) is 12.8. The van der Waals surface area contributed by atoms with Crippen molar-refractivity contribution in [2.75, 3.05) is 26.2 Å². The molecular weight excluding hydrogens is 292 g/mol. The van der Waals surface area contributed by atoms with Gasteiger partial charge in [-0.25, -0.2) is 0 Å². The monoisotopic (exact) mass is 314 g/mol. The lowest BCUT2D eigenvalue weighted by molar-refractivity contribution is -0.132. The lowest BCUT2D eigenvalue weighted by Gasteiger charge is -2.36. The Kier molecular flexibility index (Phi) is 4.92. The molecule has 1 aromatic heterocycles. The van der Waals surface area contributed by atoms with Crippen LogP contribution in [0, 0.1) is 0 Å². The highest BCUT2D eigenvalue weighted by Crippen LogP contribution is 2.27. The Hall–Kier alpha value is -2.34. The van der Waals surface area contributed by atoms with E-state index in [9.17, 15) is 4.79 Å². The number of rotatable bonds is 6. The zero-order chi connectivity index (χ0) is 16.0. The van der Waals surface area contributed by atoms with Crippen molar-refractivity contribution in [2.24, 2.45) is 0 Å². The van der Waals surface area contributed by atoms with Gasteiger partial charge < -0.3 is 15.4 Å². The van der Waals surface area contributed by atoms with Crippen LogP contribution in [0.1, 0.15) is 12.8 Å². The van der Waals surface area contributed by atoms with E-state index in [1.807, 2.05) is 42.6 Å². The number of aromatic nitrogens is 2. The normalized spacial score (nSPS) is 16.7. The fourth-order valence-electron chi connectivity index (χ4n) is 2.94. The first kappa shape index (κ1) is 15.6. The molecule has 6 nitrogen and oxygen atoms in total. The van der Waals surface area contributed by atoms with E-state index in [2.05, 4.69) is 15.7 Å². The van der Waals surface area contributed by atoms with Crippen molar-refractivity contribution in [1.29, 1.82) is 0 Å². The van der Waals surface area contributed by atoms with Crippen LogP contribution in [-0.4, -0.2) is 41.9 Å². The van der Waals surface area contributed by atoms with Gasteiger partial charge in [-0.2, -0.15) is 5.10 Å². The number of nitrogens with zero attached hydrogens (tertiary/aromatic N) is 2. The predicted octanol–water partition coefficient (Wildman–Crippen LogP) is 1.16. The summed E-state index contributed by atoms with van der Waals surface area (Å²) in [7, 11) is 0. The molecule has 1 aliphatic heterocycles. The molecule has 1 saturated heterocycles. The van der Waals surface area contributed by atoms with E-state index in [4.69, 9.17) is 4.74 Å². The van der Waals surface area contributed by atoms with Crippen molar-refractivity contribution in [3.8, 4) is 5.75 Å². The number of carbonyl (C=O) groups excluding carboxylic acids is 1. The molecule has 0 unspecified atom stereocenters. The van der Waals surface area contributed by atoms with E-state index < -0.39 is 5.54 Å². The first-order chi connectivity index (χ1) is 11.3. The number of ether oxygens (including phenoxy) is 1. The van der Waals surface area contributed by atoms with E-state index in [-0.39, 0.29) is 5.91 Å². The maximum atomic E-state index is 12.8. The zero-order valence-electron chi connectivity index (χ0n) is 13.1. The van der Waals surface area contributed by atoms with Gasteiger partial charge in [-0.05, 0) is 44.1 Å². The van der Waals surface area contributed by atoms with Gasteiger partial charge in [0, 0.05) is 12.4 Å². The summed E-state index contributed by atoms with van der Waals surface area (Å²) < 4.78 is 7.41. The Morgan fingerprint density at radius 1 is 1.26 bits per heavy atom. The molecule has 2 N–H and O–H groups in total. The van der Waals surface area contributed by atoms with Crippen molar-refractivity contribution in [3.05, 3.63) is 48.8 Å². The Labute approximate surface area is 135 Å². The maximum absolute atomic E-state index is 12.8. The maximum Gasteiger partial charge on any atom is 0.248 e. The molecule has 23 heavy (non-hydrogen) atoms. The summed E-state index contributed by atoms with van der Waals surface area (Å²) in [5.41, 5.74) is -0.596. The van der Waals surface area contributed by atoms with Crippen LogP contribution in [0.25, 0.3) is 0 Å². The molecule has 1 aromatic carbocycles. The molecule has 6 heteroatoms. The summed E-state index contributed by atoms with van der Waals surface area (Å²) in [6.45, 7) is 2.55. The van der Waals surface area contributed by atoms with Crippen molar-refractivity contribution in [3.63, 3.8) is 0 Å². The predicted molar refractivity (Wildman–Crippen MR) is 87.3 cm³/mol. The van der Waals surface area contributed by atoms with Crippen molar-refractivity contribution < 1.29 is 9.53 Å². The molecule has 0 saturated carbocycles. The molecular formula is C17H22N4O2. The van der Waals surface area contributed by atoms with Gasteiger partial charge in [-0.3, -0.25) is 9.48 Å². The number of benzene rings is 1. The van der Waals surface area contributed by atoms with Crippen LogP contribution in [0.2, 0.25) is 0 Å². The van der Waals surface area contributed by atoms with Crippen LogP contribution in [-0.2, 0) is 10.3 Å². The highest BCUT2D eigenvalue weighted by Gasteiger charge is 2.41. The lowest BCUT2D eigenvalue weighted by Crippen LogP contribution is -2.55. The summed E-state index contributed by atoms with van der Waals surface area (Å²) in [5, 5.41) is 10.6. The molecule has 1 amide bonds. The van der Waals surface area contributed by atoms with Gasteiger partial charge in [0.15, 0.2) is 0 Å². The molecule has 0 spiro atoms. The minimum atomic E-state index is -0.596. The number of nitrogens with one attached hydrogen (secondary N) is 2. The van der Waals surface area contributed by atoms with Crippen LogP contribution in [0.3, 0.4) is 0 Å². The second-order valence-corrected chi connectivity index (χ2v) is 5.65. The number of para-hydroxylation sites is 1. The second-order valence-electron chi connectivity index (χ2n) is 5.65. The van der Waals surface area contributed by atoms with Crippen molar-refractivity contribution in [1.82, 2.24) is 20.4 Å². The first-order valence-electron chi connectivity index (χ1n) is 7.98. The average Bonchev–Trinajstić information content (AvgIpc) is 3.15. The number of piperidine rings is 1. The second kappa shape index (κ2) is 7.28. The van der Waals surface area contributed by atoms with E-state index in [0.29, 0.717) is 13.2 Å². The molecule has 3 rings (SSSR count). The largest absolute Gasteiger partial charge is 0.492 e. The molecule has 2 aromatic rings. The Bertz CT molecular complexity index is 607. The smallest absolute Gasteiger partial charge is 0.248 e. The van der Waals surface area contributed by atoms with Crippen LogP contribution in [0.15, 0.2) is 48.8 Å². The molecule has 1 aliphatic rings. The molecule has 2 heterocycles. The summed E-state index contributed by atoms with van der Waals surface area (Å²) >= 11 is 0. The minimum absolute atomic E-state index is 0.0133. The topological polar surface area (TPSA) is 68.2 Å². The highest BCUT2D eigenvalue weighted by atomic mass is 16.5. The third-order valence-corrected chi connectivity index (χ3v) is 4.20. The van der Waals surface area contributed by atoms with E-state index in [1.165, 1.54) is 0 Å². The van der Waals surface area contributed by atoms with E-state index in [0.717, 1.165) is 31.7 Å². The zero-order valence-corrected chi connectivity index (χ0v) is 13.1. The number of amides is 1. The third-order valence-electron chi connectivity index (χ3n) is 4.20. The standard InChI is InChI=1S/C17H22N4O2/c22-16(19-12-14-23-15-5-2-1-3-6-15)17(7-10-18-11-8-17)21-13-4-9-20-21/h1-6,9,13,18H,7-8,10-12,14H2,(H,19,22). The number of carbonyl (C=O) groups is 1. The van der Waals surface area contributed by atoms with Crippen LogP contribution >= 0.6 is 0 Å². The van der Waals surface area contributed by atoms with Crippen LogP contribution < -0.4 is 15.4 Å². The molecule has 0 aliphatic carbocycles. The summed E-state index contributed by atoms with van der Waals surface area (Å²) in [5.74, 6) is 0.824. The van der Waals surface area contributed by atoms with Gasteiger partial charge in [0.2, 0.25) is 5.91 Å². The van der Waals surface area contributed by atoms with Crippen molar-refractivity contribution in [2.45, 2.75) is 18.4 Å². The van der Waals surface area contributed by atoms with E-state index >= 15 is 0 Å². The quantitative estimate of drug-likeness (QED) is 0.785. The molecule has 122 valence electrons. The minimum Gasteiger partial charge on any atom is -0.492 e. The van der Waals surface area contributed by atoms with E-state index in [1.54, 1.807) is 10.9 Å². The fourth-order valence-corrected chi connectivity index (χ4v) is 2.94. The van der Waals surface area contributed by atoms with Gasteiger partial charge >= 0.3 is 0 Å². The lowest BCUT2D eigenvalue weighted by atomic mass is 9.87. The summed E-state index contributed by atoms with van der Waals surface area (Å²) in [6, 6.07) is 11.5.